The molecule has 0 saturated carbocycles. The lowest BCUT2D eigenvalue weighted by molar-refractivity contribution is -0.142. The molecule has 3 fully saturated rings. The Labute approximate surface area is 221 Å². The van der Waals surface area contributed by atoms with Gasteiger partial charge in [-0.2, -0.15) is 11.8 Å². The minimum atomic E-state index is -0.645. The molecule has 208 valence electrons. The Morgan fingerprint density at radius 1 is 0.973 bits per heavy atom. The molecule has 13 heteroatoms. The van der Waals surface area contributed by atoms with E-state index in [9.17, 15) is 24.0 Å². The molecule has 0 aromatic heterocycles. The summed E-state index contributed by atoms with van der Waals surface area (Å²) in [5.41, 5.74) is 0. The Hall–Kier alpha value is -2.38. The number of cyclic esters (lactones) is 1. The summed E-state index contributed by atoms with van der Waals surface area (Å²) in [6.45, 7) is 2.27. The van der Waals surface area contributed by atoms with Crippen LogP contribution in [0.25, 0.3) is 0 Å². The largest absolute Gasteiger partial charge is 0.464 e. The van der Waals surface area contributed by atoms with E-state index in [2.05, 4.69) is 21.3 Å². The standard InChI is InChI=1S/C24H38N4O8S/c29-16(14-21(31)26-17-7-10-36-23(17)32)4-3-9-34-12-13-35-11-8-25-20(30)6-2-1-5-19-22-18(15-37-19)27-24(33)28-22/h17-19,22H,1-15H2,(H,25,30)(H,26,31)(H2,27,28,33)/t17-,18-,19-,22-/m0/s1. The molecule has 4 N–H and O–H groups in total. The van der Waals surface area contributed by atoms with Crippen molar-refractivity contribution in [1.29, 1.82) is 0 Å². The van der Waals surface area contributed by atoms with Crippen LogP contribution >= 0.6 is 11.8 Å². The number of unbranched alkanes of at least 4 members (excludes halogenated alkanes) is 1. The maximum absolute atomic E-state index is 12.0. The highest BCUT2D eigenvalue weighted by atomic mass is 32.2. The molecule has 0 bridgehead atoms. The zero-order valence-electron chi connectivity index (χ0n) is 21.1. The van der Waals surface area contributed by atoms with E-state index in [-0.39, 0.29) is 49.3 Å². The van der Waals surface area contributed by atoms with Crippen molar-refractivity contribution in [2.45, 2.75) is 74.7 Å². The Balaban J connectivity index is 1.06. The smallest absolute Gasteiger partial charge is 0.328 e. The van der Waals surface area contributed by atoms with Crippen molar-refractivity contribution in [3.63, 3.8) is 0 Å². The summed E-state index contributed by atoms with van der Waals surface area (Å²) >= 11 is 1.88. The van der Waals surface area contributed by atoms with Crippen molar-refractivity contribution in [2.24, 2.45) is 0 Å². The van der Waals surface area contributed by atoms with Gasteiger partial charge in [0, 0.05) is 43.4 Å². The number of Topliss-reactive ketones (excluding diaryl/α,β-unsaturated/α-hetero) is 1. The first-order valence-corrected chi connectivity index (χ1v) is 14.1. The molecule has 0 aromatic carbocycles. The van der Waals surface area contributed by atoms with E-state index in [1.165, 1.54) is 0 Å². The zero-order valence-corrected chi connectivity index (χ0v) is 21.9. The summed E-state index contributed by atoms with van der Waals surface area (Å²) in [7, 11) is 0. The summed E-state index contributed by atoms with van der Waals surface area (Å²) in [5.74, 6) is -0.169. The Morgan fingerprint density at radius 2 is 1.78 bits per heavy atom. The fourth-order valence-electron chi connectivity index (χ4n) is 4.46. The highest BCUT2D eigenvalue weighted by Crippen LogP contribution is 2.33. The average Bonchev–Trinajstić information content (AvgIpc) is 3.54. The lowest BCUT2D eigenvalue weighted by Gasteiger charge is -2.16. The second-order valence-corrected chi connectivity index (χ2v) is 10.6. The van der Waals surface area contributed by atoms with Gasteiger partial charge in [0.2, 0.25) is 11.8 Å². The molecule has 3 rings (SSSR count). The monoisotopic (exact) mass is 542 g/mol. The molecule has 12 nitrogen and oxygen atoms in total. The zero-order chi connectivity index (χ0) is 26.5. The van der Waals surface area contributed by atoms with Crippen LogP contribution in [0.15, 0.2) is 0 Å². The Bertz CT molecular complexity index is 814. The van der Waals surface area contributed by atoms with E-state index in [0.717, 1.165) is 25.0 Å². The molecule has 3 saturated heterocycles. The van der Waals surface area contributed by atoms with Crippen LogP contribution in [0.4, 0.5) is 4.79 Å². The van der Waals surface area contributed by atoms with E-state index in [0.29, 0.717) is 57.5 Å². The average molecular weight is 543 g/mol. The third-order valence-electron chi connectivity index (χ3n) is 6.39. The number of esters is 1. The number of thioether (sulfide) groups is 1. The first-order chi connectivity index (χ1) is 17.9. The molecular weight excluding hydrogens is 504 g/mol. The molecule has 0 unspecified atom stereocenters. The van der Waals surface area contributed by atoms with Gasteiger partial charge in [-0.25, -0.2) is 9.59 Å². The molecule has 4 amide bonds. The molecule has 4 atom stereocenters. The molecule has 0 radical (unpaired) electrons. The molecular formula is C24H38N4O8S. The first kappa shape index (κ1) is 29.2. The number of hydrogen-bond donors (Lipinski definition) is 4. The number of carbonyl (C=O) groups is 5. The van der Waals surface area contributed by atoms with Gasteiger partial charge in [0.05, 0.1) is 44.9 Å². The highest BCUT2D eigenvalue weighted by molar-refractivity contribution is 8.00. The molecule has 3 aliphatic heterocycles. The second kappa shape index (κ2) is 15.8. The number of urea groups is 1. The Morgan fingerprint density at radius 3 is 2.57 bits per heavy atom. The molecule has 37 heavy (non-hydrogen) atoms. The van der Waals surface area contributed by atoms with Crippen molar-refractivity contribution in [3.8, 4) is 0 Å². The van der Waals surface area contributed by atoms with Crippen molar-refractivity contribution in [1.82, 2.24) is 21.3 Å². The molecule has 0 aromatic rings. The van der Waals surface area contributed by atoms with Crippen LogP contribution in [0, 0.1) is 0 Å². The van der Waals surface area contributed by atoms with Gasteiger partial charge in [-0.15, -0.1) is 0 Å². The van der Waals surface area contributed by atoms with Crippen LogP contribution in [0.5, 0.6) is 0 Å². The number of nitrogens with one attached hydrogen (secondary N) is 4. The number of fused-ring (bicyclic) bond motifs is 1. The number of ether oxygens (including phenoxy) is 3. The van der Waals surface area contributed by atoms with Crippen molar-refractivity contribution in [3.05, 3.63) is 0 Å². The topological polar surface area (TPSA) is 161 Å². The molecule has 0 aliphatic carbocycles. The van der Waals surface area contributed by atoms with Gasteiger partial charge in [0.25, 0.3) is 0 Å². The minimum Gasteiger partial charge on any atom is -0.464 e. The van der Waals surface area contributed by atoms with E-state index in [1.807, 2.05) is 11.8 Å². The van der Waals surface area contributed by atoms with Gasteiger partial charge in [-0.05, 0) is 19.3 Å². The van der Waals surface area contributed by atoms with Crippen LogP contribution in [0.2, 0.25) is 0 Å². The van der Waals surface area contributed by atoms with Crippen molar-refractivity contribution in [2.75, 3.05) is 45.3 Å². The maximum atomic E-state index is 12.0. The van der Waals surface area contributed by atoms with Crippen LogP contribution in [-0.2, 0) is 33.4 Å². The Kier molecular flexibility index (Phi) is 12.4. The lowest BCUT2D eigenvalue weighted by atomic mass is 10.0. The molecule has 3 heterocycles. The predicted molar refractivity (Wildman–Crippen MR) is 135 cm³/mol. The van der Waals surface area contributed by atoms with Crippen LogP contribution < -0.4 is 21.3 Å². The van der Waals surface area contributed by atoms with E-state index in [4.69, 9.17) is 14.2 Å². The van der Waals surface area contributed by atoms with Crippen LogP contribution in [-0.4, -0.2) is 98.3 Å². The van der Waals surface area contributed by atoms with Crippen LogP contribution in [0.3, 0.4) is 0 Å². The van der Waals surface area contributed by atoms with Crippen LogP contribution in [0.1, 0.15) is 51.4 Å². The first-order valence-electron chi connectivity index (χ1n) is 13.0. The van der Waals surface area contributed by atoms with Gasteiger partial charge >= 0.3 is 12.0 Å². The summed E-state index contributed by atoms with van der Waals surface area (Å²) in [6, 6.07) is -0.278. The maximum Gasteiger partial charge on any atom is 0.328 e. The fourth-order valence-corrected chi connectivity index (χ4v) is 6.00. The van der Waals surface area contributed by atoms with Crippen molar-refractivity contribution >= 4 is 41.4 Å². The van der Waals surface area contributed by atoms with Gasteiger partial charge in [0.15, 0.2) is 0 Å². The highest BCUT2D eigenvalue weighted by Gasteiger charge is 2.42. The summed E-state index contributed by atoms with van der Waals surface area (Å²) in [5, 5.41) is 11.7. The van der Waals surface area contributed by atoms with E-state index >= 15 is 0 Å². The normalized spacial score (nSPS) is 24.2. The summed E-state index contributed by atoms with van der Waals surface area (Å²) in [4.78, 5) is 58.3. The summed E-state index contributed by atoms with van der Waals surface area (Å²) in [6.07, 6.45) is 4.15. The van der Waals surface area contributed by atoms with Gasteiger partial charge in [-0.3, -0.25) is 14.4 Å². The third-order valence-corrected chi connectivity index (χ3v) is 7.90. The predicted octanol–water partition coefficient (Wildman–Crippen LogP) is 0.0327. The summed E-state index contributed by atoms with van der Waals surface area (Å²) < 4.78 is 15.6. The fraction of sp³-hybridized carbons (Fsp3) is 0.792. The number of ketones is 1. The van der Waals surface area contributed by atoms with Gasteiger partial charge < -0.3 is 35.5 Å². The van der Waals surface area contributed by atoms with Gasteiger partial charge in [0.1, 0.15) is 11.8 Å². The number of hydrogen-bond acceptors (Lipinski definition) is 9. The minimum absolute atomic E-state index is 0.00848. The number of rotatable bonds is 18. The SMILES string of the molecule is O=C(CCCOCCOCCNC(=O)CCCC[C@@H]1SC[C@@H]2NC(=O)N[C@@H]21)CC(=O)N[C@H]1CCOC1=O. The molecule has 0 spiro atoms. The number of amides is 4. The third kappa shape index (κ3) is 10.5. The van der Waals surface area contributed by atoms with E-state index < -0.39 is 17.9 Å². The quantitative estimate of drug-likeness (QED) is 0.0811. The molecule has 3 aliphatic rings. The van der Waals surface area contributed by atoms with E-state index in [1.54, 1.807) is 0 Å². The lowest BCUT2D eigenvalue weighted by Crippen LogP contribution is -2.38. The van der Waals surface area contributed by atoms with Gasteiger partial charge in [-0.1, -0.05) is 6.42 Å². The van der Waals surface area contributed by atoms with Crippen molar-refractivity contribution < 1.29 is 38.2 Å². The number of carbonyl (C=O) groups excluding carboxylic acids is 5. The second-order valence-electron chi connectivity index (χ2n) is 9.34.